The van der Waals surface area contributed by atoms with Gasteiger partial charge in [-0.15, -0.1) is 0 Å². The van der Waals surface area contributed by atoms with Crippen molar-refractivity contribution in [3.8, 4) is 0 Å². The summed E-state index contributed by atoms with van der Waals surface area (Å²) in [5.41, 5.74) is 5.57. The van der Waals surface area contributed by atoms with Crippen LogP contribution in [0, 0.1) is 0 Å². The number of aliphatic hydroxyl groups is 3. The molecule has 1 aromatic rings. The molecule has 0 aromatic heterocycles. The lowest BCUT2D eigenvalue weighted by atomic mass is 10.1. The second-order valence-electron chi connectivity index (χ2n) is 3.72. The van der Waals surface area contributed by atoms with Crippen LogP contribution >= 0.6 is 0 Å². The van der Waals surface area contributed by atoms with Gasteiger partial charge in [0.1, 0.15) is 5.54 Å². The number of benzene rings is 1. The summed E-state index contributed by atoms with van der Waals surface area (Å²) >= 11 is 0. The molecule has 5 nitrogen and oxygen atoms in total. The first-order valence-corrected chi connectivity index (χ1v) is 5.13. The largest absolute Gasteiger partial charge is 0.394 e. The summed E-state index contributed by atoms with van der Waals surface area (Å²) in [5, 5.41) is 27.2. The number of rotatable bonds is 7. The van der Waals surface area contributed by atoms with Crippen molar-refractivity contribution in [2.45, 2.75) is 12.1 Å². The van der Waals surface area contributed by atoms with Gasteiger partial charge in [-0.25, -0.2) is 5.43 Å². The molecule has 0 aliphatic rings. The van der Waals surface area contributed by atoms with E-state index in [0.29, 0.717) is 6.54 Å². The predicted octanol–water partition coefficient (Wildman–Crippen LogP) is -1.00. The third-order valence-electron chi connectivity index (χ3n) is 2.40. The summed E-state index contributed by atoms with van der Waals surface area (Å²) in [6.45, 7) is -0.492. The molecular weight excluding hydrogens is 208 g/mol. The molecule has 0 aliphatic heterocycles. The molecule has 1 aromatic carbocycles. The van der Waals surface area contributed by atoms with E-state index in [1.807, 2.05) is 30.3 Å². The minimum Gasteiger partial charge on any atom is -0.394 e. The Labute approximate surface area is 94.7 Å². The lowest BCUT2D eigenvalue weighted by molar-refractivity contribution is 0.0318. The summed E-state index contributed by atoms with van der Waals surface area (Å²) in [5.74, 6) is 0. The molecule has 0 atom stereocenters. The van der Waals surface area contributed by atoms with Gasteiger partial charge in [0, 0.05) is 6.54 Å². The van der Waals surface area contributed by atoms with Crippen LogP contribution in [-0.2, 0) is 6.54 Å². The fourth-order valence-electron chi connectivity index (χ4n) is 1.20. The maximum absolute atomic E-state index is 9.05. The van der Waals surface area contributed by atoms with Gasteiger partial charge in [-0.3, -0.25) is 5.43 Å². The highest BCUT2D eigenvalue weighted by Gasteiger charge is 2.26. The standard InChI is InChI=1S/C11H18N2O3/c14-7-11(8-15,9-16)13-12-6-10-4-2-1-3-5-10/h1-5,12-16H,6-9H2. The van der Waals surface area contributed by atoms with Crippen molar-refractivity contribution in [2.75, 3.05) is 19.8 Å². The van der Waals surface area contributed by atoms with Crippen molar-refractivity contribution >= 4 is 0 Å². The quantitative estimate of drug-likeness (QED) is 0.385. The molecule has 0 aliphatic carbocycles. The Morgan fingerprint density at radius 1 is 0.938 bits per heavy atom. The third kappa shape index (κ3) is 3.55. The van der Waals surface area contributed by atoms with Crippen molar-refractivity contribution in [3.63, 3.8) is 0 Å². The Morgan fingerprint density at radius 3 is 2.00 bits per heavy atom. The van der Waals surface area contributed by atoms with Crippen LogP contribution in [0.4, 0.5) is 0 Å². The van der Waals surface area contributed by atoms with E-state index < -0.39 is 5.54 Å². The van der Waals surface area contributed by atoms with Crippen LogP contribution in [0.3, 0.4) is 0 Å². The Balaban J connectivity index is 2.39. The molecule has 90 valence electrons. The van der Waals surface area contributed by atoms with Crippen LogP contribution in [0.25, 0.3) is 0 Å². The number of nitrogens with one attached hydrogen (secondary N) is 2. The molecule has 0 bridgehead atoms. The first-order chi connectivity index (χ1) is 7.76. The Bertz CT molecular complexity index is 280. The first kappa shape index (κ1) is 13.1. The fraction of sp³-hybridized carbons (Fsp3) is 0.455. The fourth-order valence-corrected chi connectivity index (χ4v) is 1.20. The summed E-state index contributed by atoms with van der Waals surface area (Å²) in [4.78, 5) is 0. The number of hydrogen-bond acceptors (Lipinski definition) is 5. The molecule has 0 unspecified atom stereocenters. The monoisotopic (exact) mass is 226 g/mol. The van der Waals surface area contributed by atoms with Gasteiger partial charge in [0.2, 0.25) is 0 Å². The number of hydrazine groups is 1. The van der Waals surface area contributed by atoms with Crippen molar-refractivity contribution in [1.82, 2.24) is 10.9 Å². The Morgan fingerprint density at radius 2 is 1.50 bits per heavy atom. The van der Waals surface area contributed by atoms with Gasteiger partial charge in [-0.05, 0) is 5.56 Å². The van der Waals surface area contributed by atoms with E-state index in [1.54, 1.807) is 0 Å². The topological polar surface area (TPSA) is 84.8 Å². The van der Waals surface area contributed by atoms with Gasteiger partial charge in [0.05, 0.1) is 19.8 Å². The molecule has 0 heterocycles. The Kier molecular flexibility index (Phi) is 5.37. The third-order valence-corrected chi connectivity index (χ3v) is 2.40. The van der Waals surface area contributed by atoms with Crippen molar-refractivity contribution in [3.05, 3.63) is 35.9 Å². The minimum atomic E-state index is -1.09. The Hall–Kier alpha value is -0.980. The lowest BCUT2D eigenvalue weighted by Gasteiger charge is -2.29. The van der Waals surface area contributed by atoms with Crippen LogP contribution < -0.4 is 10.9 Å². The molecule has 0 amide bonds. The maximum Gasteiger partial charge on any atom is 0.101 e. The molecule has 0 saturated heterocycles. The van der Waals surface area contributed by atoms with Gasteiger partial charge in [-0.2, -0.15) is 0 Å². The van der Waals surface area contributed by atoms with Crippen LogP contribution in [0.1, 0.15) is 5.56 Å². The van der Waals surface area contributed by atoms with Crippen LogP contribution in [0.15, 0.2) is 30.3 Å². The van der Waals surface area contributed by atoms with Gasteiger partial charge >= 0.3 is 0 Å². The van der Waals surface area contributed by atoms with Crippen molar-refractivity contribution in [1.29, 1.82) is 0 Å². The average Bonchev–Trinajstić information content (AvgIpc) is 2.37. The van der Waals surface area contributed by atoms with Gasteiger partial charge in [0.15, 0.2) is 0 Å². The van der Waals surface area contributed by atoms with Gasteiger partial charge < -0.3 is 15.3 Å². The molecule has 5 N–H and O–H groups in total. The van der Waals surface area contributed by atoms with E-state index in [9.17, 15) is 0 Å². The smallest absolute Gasteiger partial charge is 0.101 e. The molecule has 5 heteroatoms. The number of hydrogen-bond donors (Lipinski definition) is 5. The highest BCUT2D eigenvalue weighted by molar-refractivity contribution is 5.14. The van der Waals surface area contributed by atoms with E-state index >= 15 is 0 Å². The molecule has 16 heavy (non-hydrogen) atoms. The molecular formula is C11H18N2O3. The summed E-state index contributed by atoms with van der Waals surface area (Å²) in [7, 11) is 0. The normalized spacial score (nSPS) is 11.7. The van der Waals surface area contributed by atoms with Gasteiger partial charge in [0.25, 0.3) is 0 Å². The zero-order chi connectivity index (χ0) is 11.9. The highest BCUT2D eigenvalue weighted by Crippen LogP contribution is 2.01. The zero-order valence-corrected chi connectivity index (χ0v) is 9.06. The molecule has 1 rings (SSSR count). The summed E-state index contributed by atoms with van der Waals surface area (Å²) in [6, 6.07) is 9.68. The summed E-state index contributed by atoms with van der Waals surface area (Å²) < 4.78 is 0. The van der Waals surface area contributed by atoms with E-state index in [4.69, 9.17) is 15.3 Å². The molecule has 0 spiro atoms. The number of aliphatic hydroxyl groups excluding tert-OH is 3. The highest BCUT2D eigenvalue weighted by atomic mass is 16.3. The second-order valence-corrected chi connectivity index (χ2v) is 3.72. The molecule has 0 radical (unpaired) electrons. The SMILES string of the molecule is OCC(CO)(CO)NNCc1ccccc1. The van der Waals surface area contributed by atoms with Crippen LogP contribution in [-0.4, -0.2) is 40.7 Å². The van der Waals surface area contributed by atoms with Crippen molar-refractivity contribution < 1.29 is 15.3 Å². The zero-order valence-electron chi connectivity index (χ0n) is 9.06. The van der Waals surface area contributed by atoms with E-state index in [0.717, 1.165) is 5.56 Å². The second kappa shape index (κ2) is 6.57. The summed E-state index contributed by atoms with van der Waals surface area (Å²) in [6.07, 6.45) is 0. The van der Waals surface area contributed by atoms with Gasteiger partial charge in [-0.1, -0.05) is 30.3 Å². The first-order valence-electron chi connectivity index (χ1n) is 5.13. The minimum absolute atomic E-state index is 0.345. The molecule has 0 fully saturated rings. The van der Waals surface area contributed by atoms with E-state index in [1.165, 1.54) is 0 Å². The molecule has 0 saturated carbocycles. The van der Waals surface area contributed by atoms with E-state index in [2.05, 4.69) is 10.9 Å². The average molecular weight is 226 g/mol. The van der Waals surface area contributed by atoms with Crippen LogP contribution in [0.2, 0.25) is 0 Å². The lowest BCUT2D eigenvalue weighted by Crippen LogP contribution is -2.59. The van der Waals surface area contributed by atoms with Crippen molar-refractivity contribution in [2.24, 2.45) is 0 Å². The maximum atomic E-state index is 9.05. The van der Waals surface area contributed by atoms with Crippen LogP contribution in [0.5, 0.6) is 0 Å². The predicted molar refractivity (Wildman–Crippen MR) is 60.4 cm³/mol. The van der Waals surface area contributed by atoms with E-state index in [-0.39, 0.29) is 19.8 Å².